The van der Waals surface area contributed by atoms with E-state index in [1.165, 1.54) is 5.56 Å². The van der Waals surface area contributed by atoms with Gasteiger partial charge < -0.3 is 10.1 Å². The minimum Gasteiger partial charge on any atom is -0.481 e. The maximum atomic E-state index is 11.7. The standard InChI is InChI=1S/C16H25NO2/c1-6-11-17-15(18)12(2)19-14-9-7-13(8-10-14)16(3,4)5/h7-10,12H,6,11H2,1-5H3,(H,17,18). The van der Waals surface area contributed by atoms with Gasteiger partial charge in [-0.2, -0.15) is 0 Å². The van der Waals surface area contributed by atoms with Crippen LogP contribution in [-0.4, -0.2) is 18.6 Å². The van der Waals surface area contributed by atoms with Gasteiger partial charge in [0.1, 0.15) is 5.75 Å². The quantitative estimate of drug-likeness (QED) is 0.885. The van der Waals surface area contributed by atoms with Crippen LogP contribution in [0.1, 0.15) is 46.6 Å². The number of hydrogen-bond acceptors (Lipinski definition) is 2. The van der Waals surface area contributed by atoms with Crippen molar-refractivity contribution >= 4 is 5.91 Å². The Kier molecular flexibility index (Phi) is 5.40. The van der Waals surface area contributed by atoms with E-state index >= 15 is 0 Å². The molecule has 0 heterocycles. The lowest BCUT2D eigenvalue weighted by molar-refractivity contribution is -0.127. The van der Waals surface area contributed by atoms with Gasteiger partial charge in [-0.1, -0.05) is 39.8 Å². The van der Waals surface area contributed by atoms with Crippen LogP contribution >= 0.6 is 0 Å². The van der Waals surface area contributed by atoms with Crippen LogP contribution in [0.2, 0.25) is 0 Å². The fourth-order valence-corrected chi connectivity index (χ4v) is 1.68. The van der Waals surface area contributed by atoms with Crippen LogP contribution in [0.4, 0.5) is 0 Å². The topological polar surface area (TPSA) is 38.3 Å². The predicted molar refractivity (Wildman–Crippen MR) is 78.5 cm³/mol. The summed E-state index contributed by atoms with van der Waals surface area (Å²) >= 11 is 0. The molecule has 1 aromatic rings. The van der Waals surface area contributed by atoms with Gasteiger partial charge in [0.25, 0.3) is 5.91 Å². The number of carbonyl (C=O) groups is 1. The highest BCUT2D eigenvalue weighted by Crippen LogP contribution is 2.24. The molecule has 0 fully saturated rings. The van der Waals surface area contributed by atoms with Gasteiger partial charge in [-0.25, -0.2) is 0 Å². The average molecular weight is 263 g/mol. The molecule has 0 saturated carbocycles. The van der Waals surface area contributed by atoms with Crippen LogP contribution in [-0.2, 0) is 10.2 Å². The number of benzene rings is 1. The Bertz CT molecular complexity index is 404. The van der Waals surface area contributed by atoms with Gasteiger partial charge in [-0.3, -0.25) is 4.79 Å². The van der Waals surface area contributed by atoms with Crippen molar-refractivity contribution in [2.75, 3.05) is 6.54 Å². The fourth-order valence-electron chi connectivity index (χ4n) is 1.68. The maximum absolute atomic E-state index is 11.7. The van der Waals surface area contributed by atoms with E-state index in [1.54, 1.807) is 6.92 Å². The van der Waals surface area contributed by atoms with Crippen molar-refractivity contribution < 1.29 is 9.53 Å². The Labute approximate surface area is 116 Å². The van der Waals surface area contributed by atoms with E-state index in [1.807, 2.05) is 31.2 Å². The van der Waals surface area contributed by atoms with Gasteiger partial charge in [0.2, 0.25) is 0 Å². The maximum Gasteiger partial charge on any atom is 0.260 e. The van der Waals surface area contributed by atoms with E-state index in [0.717, 1.165) is 12.2 Å². The molecule has 106 valence electrons. The fraction of sp³-hybridized carbons (Fsp3) is 0.562. The molecule has 19 heavy (non-hydrogen) atoms. The van der Waals surface area contributed by atoms with Gasteiger partial charge in [0.15, 0.2) is 6.10 Å². The number of nitrogens with one attached hydrogen (secondary N) is 1. The molecule has 3 nitrogen and oxygen atoms in total. The van der Waals surface area contributed by atoms with Gasteiger partial charge in [-0.15, -0.1) is 0 Å². The van der Waals surface area contributed by atoms with E-state index in [0.29, 0.717) is 6.54 Å². The molecule has 0 aliphatic heterocycles. The van der Waals surface area contributed by atoms with Crippen molar-refractivity contribution in [3.63, 3.8) is 0 Å². The van der Waals surface area contributed by atoms with E-state index in [2.05, 4.69) is 26.1 Å². The Hall–Kier alpha value is -1.51. The molecular formula is C16H25NO2. The van der Waals surface area contributed by atoms with E-state index in [-0.39, 0.29) is 11.3 Å². The number of hydrogen-bond donors (Lipinski definition) is 1. The molecule has 0 bridgehead atoms. The number of rotatable bonds is 5. The first-order valence-electron chi connectivity index (χ1n) is 6.89. The molecule has 0 aliphatic carbocycles. The first-order valence-corrected chi connectivity index (χ1v) is 6.89. The monoisotopic (exact) mass is 263 g/mol. The Balaban J connectivity index is 2.60. The van der Waals surface area contributed by atoms with E-state index in [4.69, 9.17) is 4.74 Å². The molecule has 3 heteroatoms. The SMILES string of the molecule is CCCNC(=O)C(C)Oc1ccc(C(C)(C)C)cc1. The number of carbonyl (C=O) groups excluding carboxylic acids is 1. The second kappa shape index (κ2) is 6.60. The zero-order chi connectivity index (χ0) is 14.5. The van der Waals surface area contributed by atoms with Crippen molar-refractivity contribution in [1.29, 1.82) is 0 Å². The molecule has 0 radical (unpaired) electrons. The third-order valence-electron chi connectivity index (χ3n) is 2.95. The zero-order valence-corrected chi connectivity index (χ0v) is 12.6. The molecule has 1 amide bonds. The third kappa shape index (κ3) is 4.93. The zero-order valence-electron chi connectivity index (χ0n) is 12.6. The smallest absolute Gasteiger partial charge is 0.260 e. The van der Waals surface area contributed by atoms with Crippen molar-refractivity contribution in [3.8, 4) is 5.75 Å². The van der Waals surface area contributed by atoms with Gasteiger partial charge in [-0.05, 0) is 36.5 Å². The molecule has 1 atom stereocenters. The molecule has 1 aromatic carbocycles. The van der Waals surface area contributed by atoms with Crippen molar-refractivity contribution in [2.45, 2.75) is 52.6 Å². The highest BCUT2D eigenvalue weighted by Gasteiger charge is 2.16. The Morgan fingerprint density at radius 1 is 1.26 bits per heavy atom. The van der Waals surface area contributed by atoms with Crippen LogP contribution in [0.5, 0.6) is 5.75 Å². The summed E-state index contributed by atoms with van der Waals surface area (Å²) in [6, 6.07) is 7.94. The highest BCUT2D eigenvalue weighted by atomic mass is 16.5. The molecular weight excluding hydrogens is 238 g/mol. The summed E-state index contributed by atoms with van der Waals surface area (Å²) in [5.74, 6) is 0.661. The lowest BCUT2D eigenvalue weighted by Crippen LogP contribution is -2.36. The molecule has 0 spiro atoms. The first kappa shape index (κ1) is 15.5. The summed E-state index contributed by atoms with van der Waals surface area (Å²) in [6.45, 7) is 11.0. The van der Waals surface area contributed by atoms with Crippen LogP contribution < -0.4 is 10.1 Å². The van der Waals surface area contributed by atoms with Crippen molar-refractivity contribution in [2.24, 2.45) is 0 Å². The van der Waals surface area contributed by atoms with Crippen LogP contribution in [0, 0.1) is 0 Å². The summed E-state index contributed by atoms with van der Waals surface area (Å²) in [5.41, 5.74) is 1.38. The normalized spacial score (nSPS) is 12.9. The summed E-state index contributed by atoms with van der Waals surface area (Å²) in [4.78, 5) is 11.7. The average Bonchev–Trinajstić information content (AvgIpc) is 2.35. The van der Waals surface area contributed by atoms with E-state index in [9.17, 15) is 4.79 Å². The van der Waals surface area contributed by atoms with Gasteiger partial charge >= 0.3 is 0 Å². The number of ether oxygens (including phenoxy) is 1. The van der Waals surface area contributed by atoms with Crippen LogP contribution in [0.15, 0.2) is 24.3 Å². The third-order valence-corrected chi connectivity index (χ3v) is 2.95. The summed E-state index contributed by atoms with van der Waals surface area (Å²) < 4.78 is 5.63. The Morgan fingerprint density at radius 3 is 2.32 bits per heavy atom. The van der Waals surface area contributed by atoms with Crippen LogP contribution in [0.25, 0.3) is 0 Å². The first-order chi connectivity index (χ1) is 8.84. The van der Waals surface area contributed by atoms with Gasteiger partial charge in [0, 0.05) is 6.54 Å². The minimum absolute atomic E-state index is 0.0678. The molecule has 0 aliphatic rings. The highest BCUT2D eigenvalue weighted by molar-refractivity contribution is 5.80. The molecule has 1 rings (SSSR count). The van der Waals surface area contributed by atoms with Crippen molar-refractivity contribution in [3.05, 3.63) is 29.8 Å². The Morgan fingerprint density at radius 2 is 1.84 bits per heavy atom. The predicted octanol–water partition coefficient (Wildman–Crippen LogP) is 3.28. The molecule has 0 aromatic heterocycles. The summed E-state index contributed by atoms with van der Waals surface area (Å²) in [7, 11) is 0. The minimum atomic E-state index is -0.466. The second-order valence-corrected chi connectivity index (χ2v) is 5.83. The largest absolute Gasteiger partial charge is 0.481 e. The van der Waals surface area contributed by atoms with Crippen LogP contribution in [0.3, 0.4) is 0 Å². The van der Waals surface area contributed by atoms with Gasteiger partial charge in [0.05, 0.1) is 0 Å². The number of amides is 1. The van der Waals surface area contributed by atoms with Crippen molar-refractivity contribution in [1.82, 2.24) is 5.32 Å². The molecule has 1 unspecified atom stereocenters. The molecule has 0 saturated heterocycles. The summed E-state index contributed by atoms with van der Waals surface area (Å²) in [6.07, 6.45) is 0.464. The molecule has 1 N–H and O–H groups in total. The lowest BCUT2D eigenvalue weighted by Gasteiger charge is -2.20. The summed E-state index contributed by atoms with van der Waals surface area (Å²) in [5, 5.41) is 2.82. The lowest BCUT2D eigenvalue weighted by atomic mass is 9.87. The van der Waals surface area contributed by atoms with E-state index < -0.39 is 6.10 Å². The second-order valence-electron chi connectivity index (χ2n) is 5.83.